The Balaban J connectivity index is 2.00. The monoisotopic (exact) mass is 385 g/mol. The van der Waals surface area contributed by atoms with Crippen molar-refractivity contribution >= 4 is 38.5 Å². The largest absolute Gasteiger partial charge is 0.466 e. The van der Waals surface area contributed by atoms with Crippen molar-refractivity contribution in [2.24, 2.45) is 5.10 Å². The van der Waals surface area contributed by atoms with Crippen LogP contribution in [0.1, 0.15) is 18.2 Å². The molecule has 25 heavy (non-hydrogen) atoms. The van der Waals surface area contributed by atoms with Gasteiger partial charge in [0.1, 0.15) is 5.82 Å². The van der Waals surface area contributed by atoms with Crippen LogP contribution in [-0.4, -0.2) is 38.4 Å². The second-order valence-corrected chi connectivity index (χ2v) is 7.83. The number of carbonyl (C=O) groups excluding carboxylic acids is 1. The number of hydrogen-bond acceptors (Lipinski definition) is 8. The van der Waals surface area contributed by atoms with E-state index in [-0.39, 0.29) is 22.8 Å². The standard InChI is InChI=1S/C15H16FN3O4S2/c1-3-23-14(20)6-11-9-24-15(18-11)19-17-8-10-4-5-12(7-13(10)16)25(2,21)22/h4-5,7-9H,3,6H2,1-2H3,(H,18,19). The molecule has 0 aliphatic rings. The SMILES string of the molecule is CCOC(=O)Cc1csc(NN=Cc2ccc(S(C)(=O)=O)cc2F)n1. The Hall–Kier alpha value is -2.33. The number of ether oxygens (including phenoxy) is 1. The van der Waals surface area contributed by atoms with Gasteiger partial charge in [-0.15, -0.1) is 11.3 Å². The van der Waals surface area contributed by atoms with Crippen LogP contribution in [0.15, 0.2) is 33.6 Å². The van der Waals surface area contributed by atoms with Gasteiger partial charge in [0.05, 0.1) is 29.8 Å². The second-order valence-electron chi connectivity index (χ2n) is 4.95. The van der Waals surface area contributed by atoms with E-state index < -0.39 is 15.7 Å². The molecule has 0 aliphatic carbocycles. The first-order chi connectivity index (χ1) is 11.8. The number of esters is 1. The number of rotatable bonds is 7. The third-order valence-electron chi connectivity index (χ3n) is 2.95. The number of anilines is 1. The highest BCUT2D eigenvalue weighted by Crippen LogP contribution is 2.17. The fourth-order valence-corrected chi connectivity index (χ4v) is 3.09. The van der Waals surface area contributed by atoms with Gasteiger partial charge < -0.3 is 4.74 Å². The van der Waals surface area contributed by atoms with Crippen LogP contribution in [0.25, 0.3) is 0 Å². The molecule has 0 unspecified atom stereocenters. The third-order valence-corrected chi connectivity index (χ3v) is 4.85. The van der Waals surface area contributed by atoms with Gasteiger partial charge in [0.15, 0.2) is 9.84 Å². The van der Waals surface area contributed by atoms with E-state index in [4.69, 9.17) is 4.74 Å². The Morgan fingerprint density at radius 2 is 2.24 bits per heavy atom. The Kier molecular flexibility index (Phi) is 6.21. The predicted octanol–water partition coefficient (Wildman–Crippen LogP) is 2.24. The minimum Gasteiger partial charge on any atom is -0.466 e. The van der Waals surface area contributed by atoms with E-state index in [1.54, 1.807) is 12.3 Å². The number of halogens is 1. The van der Waals surface area contributed by atoms with Gasteiger partial charge in [-0.25, -0.2) is 17.8 Å². The number of hydrogen-bond donors (Lipinski definition) is 1. The molecule has 0 saturated carbocycles. The minimum absolute atomic E-state index is 0.0668. The van der Waals surface area contributed by atoms with Crippen LogP contribution < -0.4 is 5.43 Å². The molecule has 0 aliphatic heterocycles. The van der Waals surface area contributed by atoms with Crippen molar-refractivity contribution < 1.29 is 22.3 Å². The summed E-state index contributed by atoms with van der Waals surface area (Å²) in [6.07, 6.45) is 2.29. The molecule has 0 spiro atoms. The van der Waals surface area contributed by atoms with E-state index in [1.165, 1.54) is 29.7 Å². The van der Waals surface area contributed by atoms with Gasteiger partial charge in [0, 0.05) is 17.2 Å². The number of hydrazone groups is 1. The molecule has 1 aromatic heterocycles. The van der Waals surface area contributed by atoms with Gasteiger partial charge in [-0.05, 0) is 25.1 Å². The molecule has 0 saturated heterocycles. The molecule has 1 heterocycles. The second kappa shape index (κ2) is 8.17. The third kappa shape index (κ3) is 5.61. The summed E-state index contributed by atoms with van der Waals surface area (Å²) in [5.74, 6) is -1.06. The summed E-state index contributed by atoms with van der Waals surface area (Å²) in [7, 11) is -3.46. The molecule has 0 bridgehead atoms. The van der Waals surface area contributed by atoms with Gasteiger partial charge >= 0.3 is 5.97 Å². The van der Waals surface area contributed by atoms with Crippen LogP contribution in [-0.2, 0) is 25.8 Å². The summed E-state index contributed by atoms with van der Waals surface area (Å²) in [5.41, 5.74) is 3.30. The fourth-order valence-electron chi connectivity index (χ4n) is 1.80. The van der Waals surface area contributed by atoms with Gasteiger partial charge in [-0.2, -0.15) is 5.10 Å². The van der Waals surface area contributed by atoms with E-state index in [0.29, 0.717) is 17.4 Å². The van der Waals surface area contributed by atoms with Crippen molar-refractivity contribution in [2.45, 2.75) is 18.2 Å². The average molecular weight is 385 g/mol. The zero-order chi connectivity index (χ0) is 18.4. The zero-order valence-electron chi connectivity index (χ0n) is 13.5. The lowest BCUT2D eigenvalue weighted by Gasteiger charge is -2.01. The van der Waals surface area contributed by atoms with Crippen LogP contribution in [0.4, 0.5) is 9.52 Å². The first-order valence-electron chi connectivity index (χ1n) is 7.18. The number of benzene rings is 1. The number of aromatic nitrogens is 1. The summed E-state index contributed by atoms with van der Waals surface area (Å²) in [4.78, 5) is 15.4. The summed E-state index contributed by atoms with van der Waals surface area (Å²) in [6.45, 7) is 2.03. The summed E-state index contributed by atoms with van der Waals surface area (Å²) >= 11 is 1.24. The van der Waals surface area contributed by atoms with E-state index in [0.717, 1.165) is 12.3 Å². The van der Waals surface area contributed by atoms with Gasteiger partial charge in [0.25, 0.3) is 0 Å². The first-order valence-corrected chi connectivity index (χ1v) is 9.95. The topological polar surface area (TPSA) is 97.7 Å². The molecule has 2 aromatic rings. The number of nitrogens with zero attached hydrogens (tertiary/aromatic N) is 2. The Morgan fingerprint density at radius 3 is 2.88 bits per heavy atom. The van der Waals surface area contributed by atoms with Gasteiger partial charge in [-0.3, -0.25) is 10.2 Å². The number of sulfone groups is 1. The zero-order valence-corrected chi connectivity index (χ0v) is 15.2. The Bertz CT molecular complexity index is 894. The lowest BCUT2D eigenvalue weighted by atomic mass is 10.2. The highest BCUT2D eigenvalue weighted by molar-refractivity contribution is 7.90. The highest BCUT2D eigenvalue weighted by Gasteiger charge is 2.10. The quantitative estimate of drug-likeness (QED) is 0.446. The van der Waals surface area contributed by atoms with Crippen LogP contribution in [0.2, 0.25) is 0 Å². The molecule has 134 valence electrons. The molecule has 0 radical (unpaired) electrons. The van der Waals surface area contributed by atoms with E-state index in [2.05, 4.69) is 15.5 Å². The highest BCUT2D eigenvalue weighted by atomic mass is 32.2. The maximum atomic E-state index is 13.9. The molecule has 2 rings (SSSR count). The maximum Gasteiger partial charge on any atom is 0.311 e. The normalized spacial score (nSPS) is 11.6. The fraction of sp³-hybridized carbons (Fsp3) is 0.267. The molecule has 10 heteroatoms. The van der Waals surface area contributed by atoms with E-state index >= 15 is 0 Å². The molecule has 7 nitrogen and oxygen atoms in total. The average Bonchev–Trinajstić information content (AvgIpc) is 2.95. The molecule has 1 aromatic carbocycles. The Morgan fingerprint density at radius 1 is 1.48 bits per heavy atom. The number of carbonyl (C=O) groups is 1. The molecule has 0 atom stereocenters. The lowest BCUT2D eigenvalue weighted by molar-refractivity contribution is -0.142. The molecule has 1 N–H and O–H groups in total. The molecule has 0 fully saturated rings. The smallest absolute Gasteiger partial charge is 0.311 e. The van der Waals surface area contributed by atoms with Crippen molar-refractivity contribution in [3.63, 3.8) is 0 Å². The van der Waals surface area contributed by atoms with Crippen molar-refractivity contribution in [1.29, 1.82) is 0 Å². The molecular formula is C15H16FN3O4S2. The summed E-state index contributed by atoms with van der Waals surface area (Å²) in [6, 6.07) is 3.57. The summed E-state index contributed by atoms with van der Waals surface area (Å²) in [5, 5.41) is 5.99. The Labute approximate surface area is 148 Å². The van der Waals surface area contributed by atoms with Crippen molar-refractivity contribution in [3.05, 3.63) is 40.7 Å². The minimum atomic E-state index is -3.46. The first kappa shape index (κ1) is 19.0. The van der Waals surface area contributed by atoms with Crippen LogP contribution in [0, 0.1) is 5.82 Å². The summed E-state index contributed by atoms with van der Waals surface area (Å²) < 4.78 is 41.4. The molecular weight excluding hydrogens is 369 g/mol. The molecule has 0 amide bonds. The van der Waals surface area contributed by atoms with E-state index in [1.807, 2.05) is 0 Å². The van der Waals surface area contributed by atoms with Crippen molar-refractivity contribution in [3.8, 4) is 0 Å². The maximum absolute atomic E-state index is 13.9. The lowest BCUT2D eigenvalue weighted by Crippen LogP contribution is -2.07. The van der Waals surface area contributed by atoms with Crippen molar-refractivity contribution in [1.82, 2.24) is 4.98 Å². The van der Waals surface area contributed by atoms with Crippen LogP contribution in [0.5, 0.6) is 0 Å². The van der Waals surface area contributed by atoms with Gasteiger partial charge in [-0.1, -0.05) is 0 Å². The van der Waals surface area contributed by atoms with E-state index in [9.17, 15) is 17.6 Å². The predicted molar refractivity (Wildman–Crippen MR) is 93.2 cm³/mol. The number of thiazole rings is 1. The van der Waals surface area contributed by atoms with Crippen LogP contribution >= 0.6 is 11.3 Å². The van der Waals surface area contributed by atoms with Crippen molar-refractivity contribution in [2.75, 3.05) is 18.3 Å². The number of nitrogens with one attached hydrogen (secondary N) is 1. The van der Waals surface area contributed by atoms with Crippen LogP contribution in [0.3, 0.4) is 0 Å². The van der Waals surface area contributed by atoms with Gasteiger partial charge in [0.2, 0.25) is 5.13 Å².